The van der Waals surface area contributed by atoms with Crippen molar-refractivity contribution in [3.05, 3.63) is 27.1 Å². The molecule has 0 atom stereocenters. The average molecular weight is 363 g/mol. The number of ether oxygens (including phenoxy) is 1. The van der Waals surface area contributed by atoms with E-state index < -0.39 is 5.97 Å². The molecule has 1 amide bonds. The summed E-state index contributed by atoms with van der Waals surface area (Å²) in [5.41, 5.74) is 0.273. The van der Waals surface area contributed by atoms with Crippen LogP contribution in [0, 0.1) is 6.92 Å². The zero-order valence-corrected chi connectivity index (χ0v) is 15.2. The van der Waals surface area contributed by atoms with Crippen LogP contribution in [0.25, 0.3) is 10.2 Å². The van der Waals surface area contributed by atoms with Crippen LogP contribution in [0.5, 0.6) is 0 Å². The molecule has 1 saturated heterocycles. The van der Waals surface area contributed by atoms with Gasteiger partial charge in [-0.3, -0.25) is 14.2 Å². The van der Waals surface area contributed by atoms with E-state index in [2.05, 4.69) is 4.98 Å². The molecule has 0 bridgehead atoms. The summed E-state index contributed by atoms with van der Waals surface area (Å²) in [6.07, 6.45) is 4.54. The molecule has 0 unspecified atom stereocenters. The van der Waals surface area contributed by atoms with Crippen molar-refractivity contribution < 1.29 is 14.3 Å². The first kappa shape index (κ1) is 17.6. The Labute approximate surface area is 149 Å². The number of likely N-dealkylation sites (tertiary alicyclic amines) is 1. The lowest BCUT2D eigenvalue weighted by Crippen LogP contribution is -2.39. The van der Waals surface area contributed by atoms with Gasteiger partial charge in [-0.1, -0.05) is 0 Å². The number of nitrogens with zero attached hydrogens (tertiary/aromatic N) is 3. The Morgan fingerprint density at radius 2 is 2.00 bits per heavy atom. The van der Waals surface area contributed by atoms with Crippen molar-refractivity contribution in [1.82, 2.24) is 14.5 Å². The molecular weight excluding hydrogens is 342 g/mol. The zero-order chi connectivity index (χ0) is 18.0. The fourth-order valence-corrected chi connectivity index (χ4v) is 4.09. The van der Waals surface area contributed by atoms with Crippen LogP contribution in [0.3, 0.4) is 0 Å². The lowest BCUT2D eigenvalue weighted by molar-refractivity contribution is -0.132. The maximum atomic E-state index is 12.8. The van der Waals surface area contributed by atoms with Crippen molar-refractivity contribution in [3.63, 3.8) is 0 Å². The molecule has 0 spiro atoms. The maximum absolute atomic E-state index is 12.8. The normalized spacial score (nSPS) is 14.7. The average Bonchev–Trinajstić information content (AvgIpc) is 2.96. The Morgan fingerprint density at radius 3 is 2.68 bits per heavy atom. The molecule has 25 heavy (non-hydrogen) atoms. The predicted octanol–water partition coefficient (Wildman–Crippen LogP) is 1.96. The van der Waals surface area contributed by atoms with Crippen LogP contribution in [0.15, 0.2) is 11.1 Å². The summed E-state index contributed by atoms with van der Waals surface area (Å²) >= 11 is 1.15. The molecule has 2 aromatic rings. The van der Waals surface area contributed by atoms with Crippen LogP contribution >= 0.6 is 11.3 Å². The lowest BCUT2D eigenvalue weighted by atomic mass is 10.1. The van der Waals surface area contributed by atoms with E-state index in [1.54, 1.807) is 18.7 Å². The Hall–Kier alpha value is -2.22. The van der Waals surface area contributed by atoms with E-state index in [0.717, 1.165) is 43.7 Å². The van der Waals surface area contributed by atoms with Gasteiger partial charge in [0, 0.05) is 13.1 Å². The Balaban J connectivity index is 1.91. The smallest absolute Gasteiger partial charge is 0.348 e. The molecule has 8 heteroatoms. The molecule has 0 N–H and O–H groups in total. The lowest BCUT2D eigenvalue weighted by Gasteiger charge is -2.26. The molecule has 2 aromatic heterocycles. The molecule has 3 heterocycles. The summed E-state index contributed by atoms with van der Waals surface area (Å²) in [6.45, 7) is 5.19. The highest BCUT2D eigenvalue weighted by molar-refractivity contribution is 7.20. The first-order valence-electron chi connectivity index (χ1n) is 8.46. The Bertz CT molecular complexity index is 865. The van der Waals surface area contributed by atoms with E-state index in [1.807, 2.05) is 0 Å². The summed E-state index contributed by atoms with van der Waals surface area (Å²) < 4.78 is 6.35. The summed E-state index contributed by atoms with van der Waals surface area (Å²) in [4.78, 5) is 44.1. The number of hydrogen-bond donors (Lipinski definition) is 0. The number of fused-ring (bicyclic) bond motifs is 1. The molecule has 1 aliphatic rings. The zero-order valence-electron chi connectivity index (χ0n) is 14.4. The standard InChI is InChI=1S/C17H21N3O4S/c1-3-24-17(23)14-11(2)13-15(25-14)18-10-20(16(13)22)9-12(21)19-7-5-4-6-8-19/h10H,3-9H2,1-2H3. The molecule has 0 radical (unpaired) electrons. The largest absolute Gasteiger partial charge is 0.462 e. The van der Waals surface area contributed by atoms with Gasteiger partial charge in [-0.25, -0.2) is 9.78 Å². The second-order valence-corrected chi connectivity index (χ2v) is 7.07. The number of aromatic nitrogens is 2. The van der Waals surface area contributed by atoms with Crippen LogP contribution in [0.4, 0.5) is 0 Å². The van der Waals surface area contributed by atoms with E-state index in [9.17, 15) is 14.4 Å². The molecule has 0 saturated carbocycles. The molecule has 7 nitrogen and oxygen atoms in total. The number of carbonyl (C=O) groups excluding carboxylic acids is 2. The molecule has 1 aliphatic heterocycles. The van der Waals surface area contributed by atoms with Crippen LogP contribution in [0.1, 0.15) is 41.4 Å². The highest BCUT2D eigenvalue weighted by atomic mass is 32.1. The minimum absolute atomic E-state index is 0.0220. The van der Waals surface area contributed by atoms with Crippen LogP contribution in [0.2, 0.25) is 0 Å². The van der Waals surface area contributed by atoms with Crippen molar-refractivity contribution in [1.29, 1.82) is 0 Å². The first-order chi connectivity index (χ1) is 12.0. The van der Waals surface area contributed by atoms with Crippen molar-refractivity contribution in [2.75, 3.05) is 19.7 Å². The van der Waals surface area contributed by atoms with E-state index in [0.29, 0.717) is 20.7 Å². The van der Waals surface area contributed by atoms with Gasteiger partial charge in [-0.2, -0.15) is 0 Å². The summed E-state index contributed by atoms with van der Waals surface area (Å²) in [5, 5.41) is 0.391. The van der Waals surface area contributed by atoms with Gasteiger partial charge >= 0.3 is 5.97 Å². The third-order valence-corrected chi connectivity index (χ3v) is 5.57. The van der Waals surface area contributed by atoms with Gasteiger partial charge in [-0.15, -0.1) is 11.3 Å². The van der Waals surface area contributed by atoms with Crippen LogP contribution in [-0.4, -0.2) is 46.0 Å². The van der Waals surface area contributed by atoms with E-state index in [-0.39, 0.29) is 24.6 Å². The SMILES string of the molecule is CCOC(=O)c1sc2ncn(CC(=O)N3CCCCC3)c(=O)c2c1C. The number of esters is 1. The number of piperidine rings is 1. The molecular formula is C17H21N3O4S. The molecule has 0 aromatic carbocycles. The molecule has 1 fully saturated rings. The quantitative estimate of drug-likeness (QED) is 0.776. The highest BCUT2D eigenvalue weighted by Gasteiger charge is 2.22. The maximum Gasteiger partial charge on any atom is 0.348 e. The van der Waals surface area contributed by atoms with Gasteiger partial charge in [0.25, 0.3) is 5.56 Å². The second-order valence-electron chi connectivity index (χ2n) is 6.08. The minimum Gasteiger partial charge on any atom is -0.462 e. The number of aryl methyl sites for hydroxylation is 1. The topological polar surface area (TPSA) is 81.5 Å². The minimum atomic E-state index is -0.446. The van der Waals surface area contributed by atoms with Gasteiger partial charge < -0.3 is 9.64 Å². The van der Waals surface area contributed by atoms with Gasteiger partial charge in [0.1, 0.15) is 16.3 Å². The first-order valence-corrected chi connectivity index (χ1v) is 9.28. The number of carbonyl (C=O) groups is 2. The highest BCUT2D eigenvalue weighted by Crippen LogP contribution is 2.27. The van der Waals surface area contributed by atoms with Gasteiger partial charge in [0.15, 0.2) is 0 Å². The van der Waals surface area contributed by atoms with Gasteiger partial charge in [-0.05, 0) is 38.7 Å². The van der Waals surface area contributed by atoms with Crippen LogP contribution < -0.4 is 5.56 Å². The molecule has 134 valence electrons. The number of thiophene rings is 1. The Kier molecular flexibility index (Phi) is 5.17. The van der Waals surface area contributed by atoms with E-state index in [4.69, 9.17) is 4.74 Å². The second kappa shape index (κ2) is 7.35. The van der Waals surface area contributed by atoms with Crippen molar-refractivity contribution in [2.24, 2.45) is 0 Å². The third kappa shape index (κ3) is 3.44. The fourth-order valence-electron chi connectivity index (χ4n) is 3.05. The van der Waals surface area contributed by atoms with Gasteiger partial charge in [0.05, 0.1) is 18.3 Å². The number of hydrogen-bond acceptors (Lipinski definition) is 6. The van der Waals surface area contributed by atoms with Crippen molar-refractivity contribution in [3.8, 4) is 0 Å². The molecule has 0 aliphatic carbocycles. The predicted molar refractivity (Wildman–Crippen MR) is 95.0 cm³/mol. The van der Waals surface area contributed by atoms with Gasteiger partial charge in [0.2, 0.25) is 5.91 Å². The Morgan fingerprint density at radius 1 is 1.28 bits per heavy atom. The molecule has 3 rings (SSSR count). The summed E-state index contributed by atoms with van der Waals surface area (Å²) in [7, 11) is 0. The van der Waals surface area contributed by atoms with E-state index in [1.165, 1.54) is 10.9 Å². The monoisotopic (exact) mass is 363 g/mol. The number of rotatable bonds is 4. The third-order valence-electron chi connectivity index (χ3n) is 4.39. The van der Waals surface area contributed by atoms with E-state index >= 15 is 0 Å². The fraction of sp³-hybridized carbons (Fsp3) is 0.529. The summed E-state index contributed by atoms with van der Waals surface area (Å²) in [5.74, 6) is -0.514. The van der Waals surface area contributed by atoms with Crippen LogP contribution in [-0.2, 0) is 16.1 Å². The van der Waals surface area contributed by atoms with Crippen molar-refractivity contribution in [2.45, 2.75) is 39.7 Å². The summed E-state index contributed by atoms with van der Waals surface area (Å²) in [6, 6.07) is 0. The van der Waals surface area contributed by atoms with Crippen molar-refractivity contribution >= 4 is 33.4 Å². The number of amides is 1.